The van der Waals surface area contributed by atoms with Crippen molar-refractivity contribution in [3.05, 3.63) is 11.9 Å². The molecule has 0 unspecified atom stereocenters. The number of hydrogen-bond donors (Lipinski definition) is 2. The van der Waals surface area contributed by atoms with Gasteiger partial charge in [-0.25, -0.2) is 15.8 Å². The van der Waals surface area contributed by atoms with Crippen LogP contribution in [-0.2, 0) is 0 Å². The Morgan fingerprint density at radius 1 is 1.20 bits per heavy atom. The summed E-state index contributed by atoms with van der Waals surface area (Å²) < 4.78 is 0. The molecular weight excluding hydrogens is 250 g/mol. The van der Waals surface area contributed by atoms with Gasteiger partial charge in [-0.15, -0.1) is 0 Å². The first kappa shape index (κ1) is 13.6. The molecule has 110 valence electrons. The number of nitrogens with one attached hydrogen (secondary N) is 1. The maximum Gasteiger partial charge on any atom is 0.145 e. The standard InChI is InChI=1S/C15H25N5/c1-10(2)11-5-7-20(8-6-11)14-9-13(19-16)17-15(18-14)12-3-4-12/h9-12H,3-8,16H2,1-2H3,(H,17,18,19). The molecular formula is C15H25N5. The molecule has 1 saturated heterocycles. The SMILES string of the molecule is CC(C)C1CCN(c2cc(NN)nc(C3CC3)n2)CC1. The average molecular weight is 275 g/mol. The van der Waals surface area contributed by atoms with Crippen molar-refractivity contribution in [1.29, 1.82) is 0 Å². The van der Waals surface area contributed by atoms with Crippen molar-refractivity contribution in [3.8, 4) is 0 Å². The number of piperidine rings is 1. The van der Waals surface area contributed by atoms with E-state index in [2.05, 4.69) is 29.2 Å². The highest BCUT2D eigenvalue weighted by molar-refractivity contribution is 5.49. The second-order valence-electron chi connectivity index (χ2n) is 6.46. The van der Waals surface area contributed by atoms with E-state index in [0.29, 0.717) is 5.92 Å². The Labute approximate surface area is 120 Å². The van der Waals surface area contributed by atoms with Crippen LogP contribution in [0.4, 0.5) is 11.6 Å². The van der Waals surface area contributed by atoms with Gasteiger partial charge in [0.05, 0.1) is 0 Å². The number of hydrogen-bond acceptors (Lipinski definition) is 5. The molecule has 0 aromatic carbocycles. The molecule has 1 aromatic heterocycles. The van der Waals surface area contributed by atoms with E-state index in [1.54, 1.807) is 0 Å². The molecule has 2 aliphatic rings. The second kappa shape index (κ2) is 5.56. The molecule has 5 nitrogen and oxygen atoms in total. The molecule has 0 bridgehead atoms. The Hall–Kier alpha value is -1.36. The topological polar surface area (TPSA) is 67.1 Å². The van der Waals surface area contributed by atoms with Crippen molar-refractivity contribution >= 4 is 11.6 Å². The van der Waals surface area contributed by atoms with E-state index in [1.165, 1.54) is 25.7 Å². The maximum absolute atomic E-state index is 5.54. The molecule has 0 amide bonds. The van der Waals surface area contributed by atoms with Crippen molar-refractivity contribution in [2.24, 2.45) is 17.7 Å². The van der Waals surface area contributed by atoms with Crippen LogP contribution in [0, 0.1) is 11.8 Å². The lowest BCUT2D eigenvalue weighted by molar-refractivity contribution is 0.310. The first-order valence-corrected chi connectivity index (χ1v) is 7.78. The summed E-state index contributed by atoms with van der Waals surface area (Å²) in [7, 11) is 0. The zero-order valence-electron chi connectivity index (χ0n) is 12.5. The summed E-state index contributed by atoms with van der Waals surface area (Å²) in [4.78, 5) is 11.6. The largest absolute Gasteiger partial charge is 0.356 e. The van der Waals surface area contributed by atoms with E-state index in [0.717, 1.165) is 42.4 Å². The van der Waals surface area contributed by atoms with E-state index >= 15 is 0 Å². The van der Waals surface area contributed by atoms with E-state index in [9.17, 15) is 0 Å². The van der Waals surface area contributed by atoms with E-state index < -0.39 is 0 Å². The van der Waals surface area contributed by atoms with Gasteiger partial charge in [0, 0.05) is 25.1 Å². The van der Waals surface area contributed by atoms with Crippen LogP contribution in [0.3, 0.4) is 0 Å². The zero-order valence-corrected chi connectivity index (χ0v) is 12.5. The minimum absolute atomic E-state index is 0.551. The van der Waals surface area contributed by atoms with Crippen molar-refractivity contribution in [1.82, 2.24) is 9.97 Å². The van der Waals surface area contributed by atoms with Gasteiger partial charge in [-0.05, 0) is 37.5 Å². The fourth-order valence-corrected chi connectivity index (χ4v) is 3.01. The molecule has 3 N–H and O–H groups in total. The number of rotatable bonds is 4. The van der Waals surface area contributed by atoms with Crippen LogP contribution >= 0.6 is 0 Å². The Morgan fingerprint density at radius 3 is 2.45 bits per heavy atom. The van der Waals surface area contributed by atoms with E-state index in [-0.39, 0.29) is 0 Å². The number of anilines is 2. The maximum atomic E-state index is 5.54. The van der Waals surface area contributed by atoms with Crippen LogP contribution < -0.4 is 16.2 Å². The summed E-state index contributed by atoms with van der Waals surface area (Å²) in [5.74, 6) is 10.5. The Balaban J connectivity index is 1.75. The summed E-state index contributed by atoms with van der Waals surface area (Å²) in [6.07, 6.45) is 4.93. The third-order valence-electron chi connectivity index (χ3n) is 4.63. The molecule has 2 heterocycles. The number of nitrogen functional groups attached to an aromatic ring is 1. The van der Waals surface area contributed by atoms with Crippen LogP contribution in [0.25, 0.3) is 0 Å². The minimum Gasteiger partial charge on any atom is -0.356 e. The number of nitrogens with zero attached hydrogens (tertiary/aromatic N) is 3. The normalized spacial score (nSPS) is 20.5. The molecule has 1 saturated carbocycles. The fourth-order valence-electron chi connectivity index (χ4n) is 3.01. The van der Waals surface area contributed by atoms with Crippen molar-refractivity contribution in [2.45, 2.75) is 45.4 Å². The first-order chi connectivity index (χ1) is 9.67. The van der Waals surface area contributed by atoms with Crippen molar-refractivity contribution in [3.63, 3.8) is 0 Å². The zero-order chi connectivity index (χ0) is 14.1. The van der Waals surface area contributed by atoms with Crippen molar-refractivity contribution in [2.75, 3.05) is 23.4 Å². The summed E-state index contributed by atoms with van der Waals surface area (Å²) in [5, 5.41) is 0. The lowest BCUT2D eigenvalue weighted by Crippen LogP contribution is -2.36. The molecule has 2 fully saturated rings. The summed E-state index contributed by atoms with van der Waals surface area (Å²) in [6.45, 7) is 6.83. The van der Waals surface area contributed by atoms with Crippen LogP contribution in [0.2, 0.25) is 0 Å². The quantitative estimate of drug-likeness (QED) is 0.653. The highest BCUT2D eigenvalue weighted by atomic mass is 15.3. The second-order valence-corrected chi connectivity index (χ2v) is 6.46. The predicted molar refractivity (Wildman–Crippen MR) is 81.6 cm³/mol. The average Bonchev–Trinajstić information content (AvgIpc) is 3.31. The summed E-state index contributed by atoms with van der Waals surface area (Å²) in [5.41, 5.74) is 2.68. The number of aromatic nitrogens is 2. The van der Waals surface area contributed by atoms with Crippen LogP contribution in [0.1, 0.15) is 51.3 Å². The van der Waals surface area contributed by atoms with E-state index in [1.807, 2.05) is 6.07 Å². The van der Waals surface area contributed by atoms with Crippen molar-refractivity contribution < 1.29 is 0 Å². The molecule has 0 spiro atoms. The van der Waals surface area contributed by atoms with Gasteiger partial charge in [0.1, 0.15) is 17.5 Å². The van der Waals surface area contributed by atoms with Crippen LogP contribution in [0.5, 0.6) is 0 Å². The van der Waals surface area contributed by atoms with Gasteiger partial charge in [-0.3, -0.25) is 0 Å². The third-order valence-corrected chi connectivity index (χ3v) is 4.63. The van der Waals surface area contributed by atoms with Gasteiger partial charge in [-0.1, -0.05) is 13.8 Å². The summed E-state index contributed by atoms with van der Waals surface area (Å²) in [6, 6.07) is 1.97. The fraction of sp³-hybridized carbons (Fsp3) is 0.733. The van der Waals surface area contributed by atoms with Gasteiger partial charge in [-0.2, -0.15) is 0 Å². The summed E-state index contributed by atoms with van der Waals surface area (Å²) >= 11 is 0. The lowest BCUT2D eigenvalue weighted by atomic mass is 9.87. The Morgan fingerprint density at radius 2 is 1.90 bits per heavy atom. The highest BCUT2D eigenvalue weighted by Crippen LogP contribution is 2.39. The lowest BCUT2D eigenvalue weighted by Gasteiger charge is -2.34. The van der Waals surface area contributed by atoms with Crippen LogP contribution in [0.15, 0.2) is 6.07 Å². The molecule has 1 aliphatic carbocycles. The minimum atomic E-state index is 0.551. The highest BCUT2D eigenvalue weighted by Gasteiger charge is 2.29. The third kappa shape index (κ3) is 2.87. The van der Waals surface area contributed by atoms with Gasteiger partial charge >= 0.3 is 0 Å². The molecule has 0 atom stereocenters. The van der Waals surface area contributed by atoms with Crippen LogP contribution in [-0.4, -0.2) is 23.1 Å². The molecule has 1 aliphatic heterocycles. The molecule has 20 heavy (non-hydrogen) atoms. The molecule has 1 aromatic rings. The molecule has 5 heteroatoms. The first-order valence-electron chi connectivity index (χ1n) is 7.78. The van der Waals surface area contributed by atoms with E-state index in [4.69, 9.17) is 10.8 Å². The Bertz CT molecular complexity index is 461. The molecule has 0 radical (unpaired) electrons. The van der Waals surface area contributed by atoms with Gasteiger partial charge < -0.3 is 10.3 Å². The number of nitrogens with two attached hydrogens (primary N) is 1. The van der Waals surface area contributed by atoms with Gasteiger partial charge in [0.25, 0.3) is 0 Å². The number of hydrazine groups is 1. The smallest absolute Gasteiger partial charge is 0.145 e. The monoisotopic (exact) mass is 275 g/mol. The van der Waals surface area contributed by atoms with Gasteiger partial charge in [0.2, 0.25) is 0 Å². The Kier molecular flexibility index (Phi) is 3.78. The van der Waals surface area contributed by atoms with Gasteiger partial charge in [0.15, 0.2) is 0 Å². The molecule has 3 rings (SSSR count). The predicted octanol–water partition coefficient (Wildman–Crippen LogP) is 2.51.